The fraction of sp³-hybridized carbons (Fsp3) is 0.478. The van der Waals surface area contributed by atoms with Gasteiger partial charge in [0, 0.05) is 24.2 Å². The molecule has 1 aliphatic heterocycles. The van der Waals surface area contributed by atoms with E-state index in [-0.39, 0.29) is 24.0 Å². The minimum atomic E-state index is -0.300. The van der Waals surface area contributed by atoms with E-state index in [0.29, 0.717) is 12.2 Å². The molecule has 1 unspecified atom stereocenters. The molecule has 2 aromatic rings. The number of nitrogens with zero attached hydrogens (tertiary/aromatic N) is 1. The van der Waals surface area contributed by atoms with Crippen LogP contribution in [0.5, 0.6) is 11.5 Å². The largest absolute Gasteiger partial charge is 0.507 e. The van der Waals surface area contributed by atoms with Crippen molar-refractivity contribution in [3.05, 3.63) is 59.7 Å². The van der Waals surface area contributed by atoms with Crippen LogP contribution in [0.1, 0.15) is 49.8 Å². The molecule has 3 atom stereocenters. The Bertz CT molecular complexity index is 719. The molecule has 1 aliphatic rings. The Morgan fingerprint density at radius 1 is 1.19 bits per heavy atom. The predicted octanol–water partition coefficient (Wildman–Crippen LogP) is 4.31. The van der Waals surface area contributed by atoms with Crippen LogP contribution in [0.3, 0.4) is 0 Å². The first kappa shape index (κ1) is 19.7. The molecular weight excluding hydrogens is 338 g/mol. The first-order valence-corrected chi connectivity index (χ1v) is 9.94. The van der Waals surface area contributed by atoms with Gasteiger partial charge in [0.1, 0.15) is 11.5 Å². The number of likely N-dealkylation sites (tertiary alicyclic amines) is 1. The lowest BCUT2D eigenvalue weighted by Crippen LogP contribution is -2.36. The molecule has 0 amide bonds. The number of aliphatic hydroxyl groups is 1. The topological polar surface area (TPSA) is 52.9 Å². The summed E-state index contributed by atoms with van der Waals surface area (Å²) in [6.45, 7) is 2.91. The molecule has 0 bridgehead atoms. The second-order valence-electron chi connectivity index (χ2n) is 7.70. The number of piperidine rings is 1. The van der Waals surface area contributed by atoms with E-state index in [9.17, 15) is 10.2 Å². The van der Waals surface area contributed by atoms with Gasteiger partial charge in [0.15, 0.2) is 0 Å². The van der Waals surface area contributed by atoms with Gasteiger partial charge in [-0.2, -0.15) is 0 Å². The third kappa shape index (κ3) is 5.47. The van der Waals surface area contributed by atoms with Gasteiger partial charge >= 0.3 is 0 Å². The molecule has 0 aliphatic carbocycles. The van der Waals surface area contributed by atoms with Gasteiger partial charge in [-0.05, 0) is 57.7 Å². The molecule has 0 aromatic heterocycles. The highest BCUT2D eigenvalue weighted by Crippen LogP contribution is 2.36. The van der Waals surface area contributed by atoms with Gasteiger partial charge in [-0.15, -0.1) is 0 Å². The standard InChI is InChI=1S/C23H31NO3/c1-17(7-6-10-18-8-4-3-5-9-18)27-20-11-12-21(23(26)16-20)22-15-19(25)13-14-24(22)2/h3-5,8-9,11-12,16-17,19,22,25-26H,6-7,10,13-15H2,1-2H3/t17?,19-,22+/m1/s1. The number of aliphatic hydroxyl groups excluding tert-OH is 1. The van der Waals surface area contributed by atoms with E-state index >= 15 is 0 Å². The minimum absolute atomic E-state index is 0.0473. The smallest absolute Gasteiger partial charge is 0.124 e. The zero-order valence-corrected chi connectivity index (χ0v) is 16.3. The number of aryl methyl sites for hydroxylation is 1. The number of benzene rings is 2. The highest BCUT2D eigenvalue weighted by atomic mass is 16.5. The van der Waals surface area contributed by atoms with Crippen LogP contribution in [0.15, 0.2) is 48.5 Å². The molecule has 0 saturated carbocycles. The summed E-state index contributed by atoms with van der Waals surface area (Å²) in [6, 6.07) is 16.1. The second-order valence-corrected chi connectivity index (χ2v) is 7.70. The molecule has 0 spiro atoms. The van der Waals surface area contributed by atoms with Crippen LogP contribution in [0.25, 0.3) is 0 Å². The van der Waals surface area contributed by atoms with Crippen molar-refractivity contribution in [3.8, 4) is 11.5 Å². The molecule has 3 rings (SSSR count). The summed E-state index contributed by atoms with van der Waals surface area (Å²) in [7, 11) is 2.04. The fourth-order valence-electron chi connectivity index (χ4n) is 3.84. The van der Waals surface area contributed by atoms with Crippen molar-refractivity contribution in [2.24, 2.45) is 0 Å². The summed E-state index contributed by atoms with van der Waals surface area (Å²) in [5, 5.41) is 20.5. The normalized spacial score (nSPS) is 21.7. The first-order valence-electron chi connectivity index (χ1n) is 9.94. The Hall–Kier alpha value is -2.04. The van der Waals surface area contributed by atoms with E-state index in [1.165, 1.54) is 5.56 Å². The van der Waals surface area contributed by atoms with Gasteiger partial charge in [0.2, 0.25) is 0 Å². The lowest BCUT2D eigenvalue weighted by Gasteiger charge is -2.35. The Balaban J connectivity index is 1.54. The summed E-state index contributed by atoms with van der Waals surface area (Å²) in [5.41, 5.74) is 2.21. The Morgan fingerprint density at radius 3 is 2.70 bits per heavy atom. The molecule has 1 heterocycles. The predicted molar refractivity (Wildman–Crippen MR) is 108 cm³/mol. The number of phenols is 1. The number of rotatable bonds is 7. The van der Waals surface area contributed by atoms with Crippen molar-refractivity contribution in [1.29, 1.82) is 0 Å². The third-order valence-electron chi connectivity index (χ3n) is 5.46. The molecule has 146 valence electrons. The number of aromatic hydroxyl groups is 1. The van der Waals surface area contributed by atoms with Crippen LogP contribution in [0, 0.1) is 0 Å². The van der Waals surface area contributed by atoms with Gasteiger partial charge in [-0.3, -0.25) is 4.90 Å². The molecule has 1 fully saturated rings. The Kier molecular flexibility index (Phi) is 6.75. The van der Waals surface area contributed by atoms with E-state index in [4.69, 9.17) is 4.74 Å². The van der Waals surface area contributed by atoms with E-state index in [0.717, 1.165) is 37.8 Å². The molecule has 27 heavy (non-hydrogen) atoms. The van der Waals surface area contributed by atoms with Crippen LogP contribution in [-0.4, -0.2) is 40.9 Å². The lowest BCUT2D eigenvalue weighted by atomic mass is 9.93. The average Bonchev–Trinajstić information content (AvgIpc) is 2.65. The van der Waals surface area contributed by atoms with Crippen LogP contribution in [-0.2, 0) is 6.42 Å². The van der Waals surface area contributed by atoms with Crippen molar-refractivity contribution in [1.82, 2.24) is 4.90 Å². The summed E-state index contributed by atoms with van der Waals surface area (Å²) in [4.78, 5) is 2.19. The SMILES string of the molecule is CC(CCCc1ccccc1)Oc1ccc([C@@H]2C[C@H](O)CCN2C)c(O)c1. The maximum atomic E-state index is 10.5. The highest BCUT2D eigenvalue weighted by Gasteiger charge is 2.28. The number of hydrogen-bond donors (Lipinski definition) is 2. The number of phenolic OH excluding ortho intramolecular Hbond substituents is 1. The maximum Gasteiger partial charge on any atom is 0.124 e. The first-order chi connectivity index (χ1) is 13.0. The van der Waals surface area contributed by atoms with Crippen LogP contribution in [0.2, 0.25) is 0 Å². The summed E-state index contributed by atoms with van der Waals surface area (Å²) in [5.74, 6) is 0.942. The highest BCUT2D eigenvalue weighted by molar-refractivity contribution is 5.41. The van der Waals surface area contributed by atoms with E-state index < -0.39 is 0 Å². The zero-order chi connectivity index (χ0) is 19.2. The average molecular weight is 370 g/mol. The Labute approximate surface area is 162 Å². The van der Waals surface area contributed by atoms with E-state index in [1.807, 2.05) is 25.2 Å². The van der Waals surface area contributed by atoms with Crippen LogP contribution in [0.4, 0.5) is 0 Å². The Morgan fingerprint density at radius 2 is 1.96 bits per heavy atom. The van der Waals surface area contributed by atoms with Gasteiger partial charge in [-0.1, -0.05) is 36.4 Å². The molecule has 1 saturated heterocycles. The third-order valence-corrected chi connectivity index (χ3v) is 5.46. The quantitative estimate of drug-likeness (QED) is 0.764. The van der Waals surface area contributed by atoms with Crippen LogP contribution < -0.4 is 4.74 Å². The number of ether oxygens (including phenoxy) is 1. The van der Waals surface area contributed by atoms with Crippen molar-refractivity contribution >= 4 is 0 Å². The maximum absolute atomic E-state index is 10.5. The van der Waals surface area contributed by atoms with E-state index in [1.54, 1.807) is 6.07 Å². The molecule has 4 heteroatoms. The van der Waals surface area contributed by atoms with Crippen molar-refractivity contribution in [3.63, 3.8) is 0 Å². The van der Waals surface area contributed by atoms with Crippen LogP contribution >= 0.6 is 0 Å². The van der Waals surface area contributed by atoms with Crippen molar-refractivity contribution in [2.45, 2.75) is 57.3 Å². The molecule has 4 nitrogen and oxygen atoms in total. The number of hydrogen-bond acceptors (Lipinski definition) is 4. The molecule has 2 N–H and O–H groups in total. The molecule has 2 aromatic carbocycles. The minimum Gasteiger partial charge on any atom is -0.507 e. The van der Waals surface area contributed by atoms with Gasteiger partial charge < -0.3 is 14.9 Å². The van der Waals surface area contributed by atoms with E-state index in [2.05, 4.69) is 36.1 Å². The van der Waals surface area contributed by atoms with Crippen molar-refractivity contribution in [2.75, 3.05) is 13.6 Å². The molecule has 0 radical (unpaired) electrons. The van der Waals surface area contributed by atoms with Crippen molar-refractivity contribution < 1.29 is 14.9 Å². The summed E-state index contributed by atoms with van der Waals surface area (Å²) in [6.07, 6.45) is 4.32. The lowest BCUT2D eigenvalue weighted by molar-refractivity contribution is 0.0543. The molecular formula is C23H31NO3. The van der Waals surface area contributed by atoms with Gasteiger partial charge in [-0.25, -0.2) is 0 Å². The summed E-state index contributed by atoms with van der Waals surface area (Å²) >= 11 is 0. The fourth-order valence-corrected chi connectivity index (χ4v) is 3.84. The summed E-state index contributed by atoms with van der Waals surface area (Å²) < 4.78 is 6.00. The van der Waals surface area contributed by atoms with Gasteiger partial charge in [0.25, 0.3) is 0 Å². The zero-order valence-electron chi connectivity index (χ0n) is 16.3. The monoisotopic (exact) mass is 369 g/mol. The second kappa shape index (κ2) is 9.25. The van der Waals surface area contributed by atoms with Gasteiger partial charge in [0.05, 0.1) is 12.2 Å².